The van der Waals surface area contributed by atoms with Crippen molar-refractivity contribution in [3.63, 3.8) is 0 Å². The molecule has 9 heteroatoms. The first-order chi connectivity index (χ1) is 11.5. The molecule has 3 heterocycles. The van der Waals surface area contributed by atoms with Crippen molar-refractivity contribution in [3.8, 4) is 0 Å². The number of nitrogens with zero attached hydrogens (tertiary/aromatic N) is 4. The Balaban J connectivity index is 1.58. The van der Waals surface area contributed by atoms with Crippen LogP contribution in [0.5, 0.6) is 0 Å². The molecule has 0 bridgehead atoms. The van der Waals surface area contributed by atoms with Crippen LogP contribution in [0.25, 0.3) is 0 Å². The van der Waals surface area contributed by atoms with Crippen molar-refractivity contribution in [1.82, 2.24) is 24.9 Å². The minimum absolute atomic E-state index is 0.272. The lowest BCUT2D eigenvalue weighted by Crippen LogP contribution is -2.29. The maximum atomic E-state index is 12.1. The number of rotatable bonds is 4. The highest BCUT2D eigenvalue weighted by molar-refractivity contribution is 14.1. The molecule has 1 fully saturated rings. The molecule has 1 aliphatic rings. The highest BCUT2D eigenvalue weighted by Gasteiger charge is 2.20. The number of halogens is 1. The quantitative estimate of drug-likeness (QED) is 0.707. The van der Waals surface area contributed by atoms with Crippen LogP contribution in [0.3, 0.4) is 0 Å². The molecule has 2 N–H and O–H groups in total. The predicted octanol–water partition coefficient (Wildman–Crippen LogP) is 1.97. The van der Waals surface area contributed by atoms with Gasteiger partial charge in [-0.25, -0.2) is 4.79 Å². The molecule has 8 nitrogen and oxygen atoms in total. The number of carbonyl (C=O) groups excluding carboxylic acids is 1. The number of nitrogens with one attached hydrogen (secondary N) is 2. The van der Waals surface area contributed by atoms with E-state index in [1.165, 1.54) is 0 Å². The minimum Gasteiger partial charge on any atom is -0.381 e. The highest BCUT2D eigenvalue weighted by Crippen LogP contribution is 2.26. The molecule has 2 aromatic heterocycles. The van der Waals surface area contributed by atoms with Crippen LogP contribution in [0.4, 0.5) is 10.6 Å². The summed E-state index contributed by atoms with van der Waals surface area (Å²) in [6.45, 7) is 1.90. The number of amides is 2. The summed E-state index contributed by atoms with van der Waals surface area (Å²) in [7, 11) is 3.68. The predicted molar refractivity (Wildman–Crippen MR) is 97.8 cm³/mol. The Morgan fingerprint density at radius 2 is 2.29 bits per heavy atom. The SMILES string of the molecule is Cn1cc(I)c(CNC(=O)Nc2cc(C3CCCOC3)nn2C)n1. The second kappa shape index (κ2) is 7.51. The fourth-order valence-electron chi connectivity index (χ4n) is 2.73. The van der Waals surface area contributed by atoms with Crippen LogP contribution < -0.4 is 10.6 Å². The van der Waals surface area contributed by atoms with Crippen LogP contribution in [-0.2, 0) is 25.4 Å². The normalized spacial score (nSPS) is 17.7. The van der Waals surface area contributed by atoms with Gasteiger partial charge in [-0.2, -0.15) is 10.2 Å². The van der Waals surface area contributed by atoms with Crippen molar-refractivity contribution in [2.75, 3.05) is 18.5 Å². The summed E-state index contributed by atoms with van der Waals surface area (Å²) in [6, 6.07) is 1.65. The van der Waals surface area contributed by atoms with E-state index in [4.69, 9.17) is 4.74 Å². The molecule has 3 rings (SSSR count). The number of carbonyl (C=O) groups is 1. The summed E-state index contributed by atoms with van der Waals surface area (Å²) >= 11 is 2.20. The number of hydrogen-bond acceptors (Lipinski definition) is 4. The third kappa shape index (κ3) is 4.07. The zero-order valence-electron chi connectivity index (χ0n) is 13.8. The molecular weight excluding hydrogens is 423 g/mol. The Kier molecular flexibility index (Phi) is 5.39. The Morgan fingerprint density at radius 3 is 2.96 bits per heavy atom. The van der Waals surface area contributed by atoms with E-state index in [1.54, 1.807) is 9.36 Å². The van der Waals surface area contributed by atoms with E-state index in [1.807, 2.05) is 26.4 Å². The summed E-state index contributed by atoms with van der Waals surface area (Å²) in [4.78, 5) is 12.1. The highest BCUT2D eigenvalue weighted by atomic mass is 127. The first-order valence-corrected chi connectivity index (χ1v) is 8.95. The average Bonchev–Trinajstić information content (AvgIpc) is 3.08. The second-order valence-electron chi connectivity index (χ2n) is 5.90. The molecular formula is C15H21IN6O2. The largest absolute Gasteiger partial charge is 0.381 e. The molecule has 1 atom stereocenters. The first-order valence-electron chi connectivity index (χ1n) is 7.87. The van der Waals surface area contributed by atoms with Crippen molar-refractivity contribution >= 4 is 34.4 Å². The fourth-order valence-corrected chi connectivity index (χ4v) is 3.43. The molecule has 1 aliphatic heterocycles. The molecule has 0 saturated carbocycles. The van der Waals surface area contributed by atoms with E-state index in [0.717, 1.165) is 34.4 Å². The molecule has 24 heavy (non-hydrogen) atoms. The van der Waals surface area contributed by atoms with Crippen molar-refractivity contribution in [2.24, 2.45) is 14.1 Å². The second-order valence-corrected chi connectivity index (χ2v) is 7.06. The van der Waals surface area contributed by atoms with Crippen molar-refractivity contribution in [3.05, 3.63) is 27.2 Å². The zero-order chi connectivity index (χ0) is 17.1. The summed E-state index contributed by atoms with van der Waals surface area (Å²) in [5.74, 6) is 0.974. The van der Waals surface area contributed by atoms with Crippen LogP contribution in [-0.4, -0.2) is 38.8 Å². The van der Waals surface area contributed by atoms with E-state index in [2.05, 4.69) is 43.4 Å². The van der Waals surface area contributed by atoms with Crippen molar-refractivity contribution in [1.29, 1.82) is 0 Å². The van der Waals surface area contributed by atoms with Gasteiger partial charge < -0.3 is 10.1 Å². The standard InChI is InChI=1S/C15H21IN6O2/c1-21-8-11(16)13(19-21)7-17-15(23)18-14-6-12(20-22(14)2)10-4-3-5-24-9-10/h6,8,10H,3-5,7,9H2,1-2H3,(H2,17,18,23). The average molecular weight is 444 g/mol. The Morgan fingerprint density at radius 1 is 1.46 bits per heavy atom. The summed E-state index contributed by atoms with van der Waals surface area (Å²) in [5.41, 5.74) is 1.81. The number of hydrogen-bond donors (Lipinski definition) is 2. The number of urea groups is 1. The lowest BCUT2D eigenvalue weighted by atomic mass is 9.99. The third-order valence-electron chi connectivity index (χ3n) is 3.99. The van der Waals surface area contributed by atoms with Gasteiger partial charge in [-0.05, 0) is 35.4 Å². The monoisotopic (exact) mass is 444 g/mol. The summed E-state index contributed by atoms with van der Waals surface area (Å²) in [5, 5.41) is 14.5. The Bertz CT molecular complexity index is 720. The molecule has 1 unspecified atom stereocenters. The molecule has 0 spiro atoms. The van der Waals surface area contributed by atoms with Gasteiger partial charge in [-0.3, -0.25) is 14.7 Å². The smallest absolute Gasteiger partial charge is 0.320 e. The van der Waals surface area contributed by atoms with Gasteiger partial charge in [0, 0.05) is 38.9 Å². The lowest BCUT2D eigenvalue weighted by molar-refractivity contribution is 0.0791. The van der Waals surface area contributed by atoms with Crippen molar-refractivity contribution in [2.45, 2.75) is 25.3 Å². The van der Waals surface area contributed by atoms with E-state index in [9.17, 15) is 4.79 Å². The lowest BCUT2D eigenvalue weighted by Gasteiger charge is -2.19. The molecule has 0 aromatic carbocycles. The maximum Gasteiger partial charge on any atom is 0.320 e. The molecule has 2 amide bonds. The number of ether oxygens (including phenoxy) is 1. The molecule has 0 radical (unpaired) electrons. The Hall–Kier alpha value is -1.62. The summed E-state index contributed by atoms with van der Waals surface area (Å²) < 4.78 is 9.95. The van der Waals surface area contributed by atoms with E-state index < -0.39 is 0 Å². The fraction of sp³-hybridized carbons (Fsp3) is 0.533. The topological polar surface area (TPSA) is 86.0 Å². The Labute approximate surface area is 154 Å². The van der Waals surface area contributed by atoms with Gasteiger partial charge in [0.15, 0.2) is 0 Å². The van der Waals surface area contributed by atoms with Crippen LogP contribution in [0.1, 0.15) is 30.1 Å². The summed E-state index contributed by atoms with van der Waals surface area (Å²) in [6.07, 6.45) is 4.03. The molecule has 0 aliphatic carbocycles. The molecule has 130 valence electrons. The van der Waals surface area contributed by atoms with Crippen LogP contribution in [0, 0.1) is 3.57 Å². The van der Waals surface area contributed by atoms with Crippen LogP contribution in [0.15, 0.2) is 12.3 Å². The van der Waals surface area contributed by atoms with Crippen LogP contribution in [0.2, 0.25) is 0 Å². The van der Waals surface area contributed by atoms with Gasteiger partial charge in [0.25, 0.3) is 0 Å². The van der Waals surface area contributed by atoms with Gasteiger partial charge in [0.1, 0.15) is 5.82 Å². The number of anilines is 1. The van der Waals surface area contributed by atoms with E-state index >= 15 is 0 Å². The minimum atomic E-state index is -0.272. The zero-order valence-corrected chi connectivity index (χ0v) is 15.9. The van der Waals surface area contributed by atoms with Crippen LogP contribution >= 0.6 is 22.6 Å². The van der Waals surface area contributed by atoms with Gasteiger partial charge in [-0.1, -0.05) is 0 Å². The maximum absolute atomic E-state index is 12.1. The van der Waals surface area contributed by atoms with Gasteiger partial charge in [-0.15, -0.1) is 0 Å². The number of aryl methyl sites for hydroxylation is 2. The van der Waals surface area contributed by atoms with E-state index in [-0.39, 0.29) is 6.03 Å². The number of aromatic nitrogens is 4. The van der Waals surface area contributed by atoms with E-state index in [0.29, 0.717) is 24.9 Å². The third-order valence-corrected chi connectivity index (χ3v) is 4.89. The van der Waals surface area contributed by atoms with Gasteiger partial charge >= 0.3 is 6.03 Å². The molecule has 2 aromatic rings. The van der Waals surface area contributed by atoms with Gasteiger partial charge in [0.2, 0.25) is 0 Å². The van der Waals surface area contributed by atoms with Crippen molar-refractivity contribution < 1.29 is 9.53 Å². The van der Waals surface area contributed by atoms with Gasteiger partial charge in [0.05, 0.1) is 28.1 Å². The molecule has 1 saturated heterocycles. The first kappa shape index (κ1) is 17.2.